The summed E-state index contributed by atoms with van der Waals surface area (Å²) in [6.07, 6.45) is 2.46. The molecule has 4 heteroatoms. The zero-order chi connectivity index (χ0) is 19.2. The van der Waals surface area contributed by atoms with Crippen molar-refractivity contribution in [3.05, 3.63) is 64.7 Å². The third kappa shape index (κ3) is 5.10. The first-order valence-corrected chi connectivity index (χ1v) is 9.81. The number of carbonyl (C=O) groups excluding carboxylic acids is 1. The van der Waals surface area contributed by atoms with E-state index in [4.69, 9.17) is 4.74 Å². The van der Waals surface area contributed by atoms with E-state index in [1.54, 1.807) is 0 Å². The Bertz CT molecular complexity index is 764. The van der Waals surface area contributed by atoms with Crippen LogP contribution in [-0.4, -0.2) is 37.0 Å². The molecule has 4 nitrogen and oxygen atoms in total. The predicted molar refractivity (Wildman–Crippen MR) is 109 cm³/mol. The summed E-state index contributed by atoms with van der Waals surface area (Å²) in [6, 6.07) is 14.8. The molecule has 0 saturated carbocycles. The zero-order valence-electron chi connectivity index (χ0n) is 16.6. The van der Waals surface area contributed by atoms with Gasteiger partial charge in [0.25, 0.3) is 5.91 Å². The molecule has 1 aliphatic rings. The van der Waals surface area contributed by atoms with E-state index in [0.717, 1.165) is 24.4 Å². The molecule has 1 atom stereocenters. The summed E-state index contributed by atoms with van der Waals surface area (Å²) < 4.78 is 5.73. The number of nitrogens with one attached hydrogen (secondary N) is 1. The second-order valence-electron chi connectivity index (χ2n) is 7.46. The van der Waals surface area contributed by atoms with Crippen molar-refractivity contribution in [3.63, 3.8) is 0 Å². The van der Waals surface area contributed by atoms with Crippen molar-refractivity contribution in [2.45, 2.75) is 39.7 Å². The van der Waals surface area contributed by atoms with Crippen LogP contribution >= 0.6 is 0 Å². The smallest absolute Gasteiger partial charge is 0.258 e. The number of hydrogen-bond acceptors (Lipinski definition) is 3. The number of rotatable bonds is 7. The molecule has 1 heterocycles. The molecule has 1 fully saturated rings. The van der Waals surface area contributed by atoms with E-state index < -0.39 is 0 Å². The van der Waals surface area contributed by atoms with Crippen LogP contribution < -0.4 is 10.1 Å². The molecule has 0 unspecified atom stereocenters. The van der Waals surface area contributed by atoms with Crippen molar-refractivity contribution in [3.8, 4) is 5.75 Å². The number of hydrogen-bond donors (Lipinski definition) is 1. The van der Waals surface area contributed by atoms with Crippen LogP contribution in [0.2, 0.25) is 0 Å². The van der Waals surface area contributed by atoms with Crippen LogP contribution in [-0.2, 0) is 4.79 Å². The molecule has 0 bridgehead atoms. The summed E-state index contributed by atoms with van der Waals surface area (Å²) in [7, 11) is 0. The fraction of sp³-hybridized carbons (Fsp3) is 0.435. The van der Waals surface area contributed by atoms with E-state index in [0.29, 0.717) is 6.54 Å². The molecule has 1 saturated heterocycles. The van der Waals surface area contributed by atoms with Gasteiger partial charge < -0.3 is 10.1 Å². The molecule has 1 N–H and O–H groups in total. The fourth-order valence-corrected chi connectivity index (χ4v) is 3.59. The third-order valence-electron chi connectivity index (χ3n) is 5.45. The lowest BCUT2D eigenvalue weighted by Gasteiger charge is -2.28. The summed E-state index contributed by atoms with van der Waals surface area (Å²) >= 11 is 0. The highest BCUT2D eigenvalue weighted by atomic mass is 16.5. The lowest BCUT2D eigenvalue weighted by molar-refractivity contribution is -0.123. The van der Waals surface area contributed by atoms with E-state index in [1.807, 2.05) is 32.0 Å². The fourth-order valence-electron chi connectivity index (χ4n) is 3.59. The minimum atomic E-state index is -0.0767. The van der Waals surface area contributed by atoms with Crippen LogP contribution in [0.1, 0.15) is 41.1 Å². The number of carbonyl (C=O) groups is 1. The van der Waals surface area contributed by atoms with Crippen LogP contribution in [0, 0.1) is 20.8 Å². The SMILES string of the molecule is Cc1ccc([C@H](CNC(=O)COc2cccc(C)c2C)N2CCCC2)cc1. The van der Waals surface area contributed by atoms with Crippen LogP contribution in [0.5, 0.6) is 5.75 Å². The van der Waals surface area contributed by atoms with Crippen molar-refractivity contribution in [1.29, 1.82) is 0 Å². The maximum atomic E-state index is 12.4. The van der Waals surface area contributed by atoms with Gasteiger partial charge in [0, 0.05) is 6.54 Å². The Kier molecular flexibility index (Phi) is 6.51. The Labute approximate surface area is 162 Å². The van der Waals surface area contributed by atoms with Gasteiger partial charge in [-0.25, -0.2) is 0 Å². The Morgan fingerprint density at radius 3 is 2.48 bits per heavy atom. The Morgan fingerprint density at radius 2 is 1.78 bits per heavy atom. The lowest BCUT2D eigenvalue weighted by atomic mass is 10.0. The van der Waals surface area contributed by atoms with E-state index >= 15 is 0 Å². The highest BCUT2D eigenvalue weighted by Crippen LogP contribution is 2.25. The van der Waals surface area contributed by atoms with Crippen LogP contribution in [0.15, 0.2) is 42.5 Å². The minimum Gasteiger partial charge on any atom is -0.483 e. The molecule has 2 aromatic carbocycles. The summed E-state index contributed by atoms with van der Waals surface area (Å²) in [6.45, 7) is 9.00. The number of ether oxygens (including phenoxy) is 1. The van der Waals surface area contributed by atoms with Crippen molar-refractivity contribution in [2.24, 2.45) is 0 Å². The van der Waals surface area contributed by atoms with Gasteiger partial charge in [-0.3, -0.25) is 9.69 Å². The maximum Gasteiger partial charge on any atom is 0.258 e. The second-order valence-corrected chi connectivity index (χ2v) is 7.46. The largest absolute Gasteiger partial charge is 0.483 e. The van der Waals surface area contributed by atoms with Crippen molar-refractivity contribution in [2.75, 3.05) is 26.2 Å². The molecule has 3 rings (SSSR count). The molecule has 0 radical (unpaired) electrons. The highest BCUT2D eigenvalue weighted by Gasteiger charge is 2.24. The number of benzene rings is 2. The molecule has 0 spiro atoms. The van der Waals surface area contributed by atoms with Gasteiger partial charge >= 0.3 is 0 Å². The second kappa shape index (κ2) is 9.05. The monoisotopic (exact) mass is 366 g/mol. The summed E-state index contributed by atoms with van der Waals surface area (Å²) in [5.41, 5.74) is 4.77. The van der Waals surface area contributed by atoms with E-state index in [9.17, 15) is 4.79 Å². The number of aryl methyl sites for hydroxylation is 2. The topological polar surface area (TPSA) is 41.6 Å². The summed E-state index contributed by atoms with van der Waals surface area (Å²) in [5, 5.41) is 3.07. The normalized spacial score (nSPS) is 15.5. The van der Waals surface area contributed by atoms with Crippen LogP contribution in [0.3, 0.4) is 0 Å². The molecule has 1 aliphatic heterocycles. The third-order valence-corrected chi connectivity index (χ3v) is 5.45. The number of nitrogens with zero attached hydrogens (tertiary/aromatic N) is 1. The van der Waals surface area contributed by atoms with Gasteiger partial charge in [0.15, 0.2) is 6.61 Å². The van der Waals surface area contributed by atoms with E-state index in [2.05, 4.69) is 41.4 Å². The summed E-state index contributed by atoms with van der Waals surface area (Å²) in [5.74, 6) is 0.701. The maximum absolute atomic E-state index is 12.4. The molecular weight excluding hydrogens is 336 g/mol. The van der Waals surface area contributed by atoms with Gasteiger partial charge in [0.2, 0.25) is 0 Å². The van der Waals surface area contributed by atoms with E-state index in [1.165, 1.54) is 29.5 Å². The van der Waals surface area contributed by atoms with Gasteiger partial charge in [-0.15, -0.1) is 0 Å². The lowest BCUT2D eigenvalue weighted by Crippen LogP contribution is -2.38. The van der Waals surface area contributed by atoms with Crippen molar-refractivity contribution < 1.29 is 9.53 Å². The average molecular weight is 367 g/mol. The molecule has 2 aromatic rings. The molecule has 1 amide bonds. The highest BCUT2D eigenvalue weighted by molar-refractivity contribution is 5.77. The first-order chi connectivity index (χ1) is 13.0. The van der Waals surface area contributed by atoms with Crippen molar-refractivity contribution >= 4 is 5.91 Å². The van der Waals surface area contributed by atoms with Gasteiger partial charge in [0.05, 0.1) is 6.04 Å². The summed E-state index contributed by atoms with van der Waals surface area (Å²) in [4.78, 5) is 14.8. The number of likely N-dealkylation sites (tertiary alicyclic amines) is 1. The van der Waals surface area contributed by atoms with Gasteiger partial charge in [-0.05, 0) is 69.5 Å². The van der Waals surface area contributed by atoms with Gasteiger partial charge in [-0.2, -0.15) is 0 Å². The molecule has 0 aliphatic carbocycles. The average Bonchev–Trinajstić information content (AvgIpc) is 3.19. The molecule has 0 aromatic heterocycles. The Morgan fingerprint density at radius 1 is 1.07 bits per heavy atom. The molecule has 144 valence electrons. The van der Waals surface area contributed by atoms with Gasteiger partial charge in [0.1, 0.15) is 5.75 Å². The Hall–Kier alpha value is -2.33. The van der Waals surface area contributed by atoms with E-state index in [-0.39, 0.29) is 18.6 Å². The standard InChI is InChI=1S/C23H30N2O2/c1-17-9-11-20(12-10-17)21(25-13-4-5-14-25)15-24-23(26)16-27-22-8-6-7-18(2)19(22)3/h6-12,21H,4-5,13-16H2,1-3H3,(H,24,26)/t21-/m0/s1. The minimum absolute atomic E-state index is 0.0465. The van der Waals surface area contributed by atoms with Gasteiger partial charge in [-0.1, -0.05) is 42.0 Å². The van der Waals surface area contributed by atoms with Crippen LogP contribution in [0.25, 0.3) is 0 Å². The Balaban J connectivity index is 1.58. The van der Waals surface area contributed by atoms with Crippen LogP contribution in [0.4, 0.5) is 0 Å². The van der Waals surface area contributed by atoms with Crippen molar-refractivity contribution in [1.82, 2.24) is 10.2 Å². The first-order valence-electron chi connectivity index (χ1n) is 9.81. The first kappa shape index (κ1) is 19.4. The predicted octanol–water partition coefficient (Wildman–Crippen LogP) is 3.94. The molecular formula is C23H30N2O2. The zero-order valence-corrected chi connectivity index (χ0v) is 16.6. The molecule has 27 heavy (non-hydrogen) atoms. The number of amides is 1. The quantitative estimate of drug-likeness (QED) is 0.807.